The highest BCUT2D eigenvalue weighted by Crippen LogP contribution is 2.26. The SMILES string of the molecule is CC1CCN(S(=O)(=O)c2ccc3c(c2)c(=O)c(C(=O)N2CCC(Cc4ccccc4)CC2)cn3C)CC1. The van der Waals surface area contributed by atoms with Crippen molar-refractivity contribution >= 4 is 26.8 Å². The Balaban J connectivity index is 1.37. The Morgan fingerprint density at radius 2 is 1.62 bits per heavy atom. The molecule has 37 heavy (non-hydrogen) atoms. The van der Waals surface area contributed by atoms with Crippen LogP contribution in [0.4, 0.5) is 0 Å². The molecule has 0 atom stereocenters. The van der Waals surface area contributed by atoms with Crippen molar-refractivity contribution in [1.29, 1.82) is 0 Å². The smallest absolute Gasteiger partial charge is 0.259 e. The Kier molecular flexibility index (Phi) is 7.23. The molecule has 0 radical (unpaired) electrons. The van der Waals surface area contributed by atoms with Gasteiger partial charge in [0.25, 0.3) is 5.91 Å². The number of amides is 1. The first-order valence-corrected chi connectivity index (χ1v) is 14.6. The molecule has 196 valence electrons. The van der Waals surface area contributed by atoms with Crippen molar-refractivity contribution in [3.05, 3.63) is 76.1 Å². The van der Waals surface area contributed by atoms with E-state index in [9.17, 15) is 18.0 Å². The number of rotatable bonds is 5. The summed E-state index contributed by atoms with van der Waals surface area (Å²) in [4.78, 5) is 28.8. The lowest BCUT2D eigenvalue weighted by atomic mass is 9.90. The fourth-order valence-corrected chi connectivity index (χ4v) is 7.11. The van der Waals surface area contributed by atoms with Crippen LogP contribution in [-0.2, 0) is 23.5 Å². The van der Waals surface area contributed by atoms with Crippen LogP contribution in [0.5, 0.6) is 0 Å². The highest BCUT2D eigenvalue weighted by Gasteiger charge is 2.30. The standard InChI is InChI=1S/C29H35N3O4S/c1-21-10-16-32(17-11-21)37(35,36)24-8-9-27-25(19-24)28(33)26(20-30(27)2)29(34)31-14-12-23(13-15-31)18-22-6-4-3-5-7-22/h3-9,19-21,23H,10-18H2,1-2H3. The number of benzene rings is 2. The third kappa shape index (κ3) is 5.22. The zero-order valence-corrected chi connectivity index (χ0v) is 22.4. The number of aryl methyl sites for hydroxylation is 1. The Hall–Kier alpha value is -2.97. The molecule has 0 unspecified atom stereocenters. The van der Waals surface area contributed by atoms with E-state index in [0.29, 0.717) is 43.5 Å². The van der Waals surface area contributed by atoms with Crippen molar-refractivity contribution in [2.75, 3.05) is 26.2 Å². The average molecular weight is 522 g/mol. The lowest BCUT2D eigenvalue weighted by molar-refractivity contribution is 0.0688. The number of hydrogen-bond donors (Lipinski definition) is 0. The predicted octanol–water partition coefficient (Wildman–Crippen LogP) is 4.05. The first-order valence-electron chi connectivity index (χ1n) is 13.2. The second-order valence-electron chi connectivity index (χ2n) is 10.7. The molecule has 2 aliphatic heterocycles. The summed E-state index contributed by atoms with van der Waals surface area (Å²) >= 11 is 0. The number of hydrogen-bond acceptors (Lipinski definition) is 4. The summed E-state index contributed by atoms with van der Waals surface area (Å²) in [6, 6.07) is 15.1. The number of pyridine rings is 1. The van der Waals surface area contributed by atoms with Gasteiger partial charge in [-0.25, -0.2) is 8.42 Å². The van der Waals surface area contributed by atoms with Crippen LogP contribution in [0.3, 0.4) is 0 Å². The molecule has 0 N–H and O–H groups in total. The van der Waals surface area contributed by atoms with E-state index in [1.165, 1.54) is 15.9 Å². The first-order chi connectivity index (χ1) is 17.7. The Labute approximate surface area is 218 Å². The van der Waals surface area contributed by atoms with Gasteiger partial charge in [-0.2, -0.15) is 4.31 Å². The first kappa shape index (κ1) is 25.7. The summed E-state index contributed by atoms with van der Waals surface area (Å²) in [5.74, 6) is 0.739. The van der Waals surface area contributed by atoms with Gasteiger partial charge < -0.3 is 9.47 Å². The molecule has 5 rings (SSSR count). The molecule has 2 saturated heterocycles. The topological polar surface area (TPSA) is 79.7 Å². The Morgan fingerprint density at radius 1 is 0.946 bits per heavy atom. The summed E-state index contributed by atoms with van der Waals surface area (Å²) in [7, 11) is -1.92. The second kappa shape index (κ2) is 10.4. The quantitative estimate of drug-likeness (QED) is 0.507. The number of likely N-dealkylation sites (tertiary alicyclic amines) is 1. The van der Waals surface area contributed by atoms with Crippen molar-refractivity contribution in [2.45, 2.75) is 43.9 Å². The summed E-state index contributed by atoms with van der Waals surface area (Å²) in [5.41, 5.74) is 1.60. The number of carbonyl (C=O) groups excluding carboxylic acids is 1. The maximum atomic E-state index is 13.5. The Morgan fingerprint density at radius 3 is 2.30 bits per heavy atom. The molecule has 0 bridgehead atoms. The lowest BCUT2D eigenvalue weighted by Crippen LogP contribution is -2.41. The number of piperidine rings is 2. The molecule has 2 aliphatic rings. The molecule has 3 heterocycles. The number of fused-ring (bicyclic) bond motifs is 1. The molecule has 0 saturated carbocycles. The maximum Gasteiger partial charge on any atom is 0.259 e. The molecule has 8 heteroatoms. The van der Waals surface area contributed by atoms with Gasteiger partial charge >= 0.3 is 0 Å². The van der Waals surface area contributed by atoms with Crippen molar-refractivity contribution in [3.63, 3.8) is 0 Å². The van der Waals surface area contributed by atoms with Crippen LogP contribution in [0, 0.1) is 11.8 Å². The predicted molar refractivity (Wildman–Crippen MR) is 145 cm³/mol. The molecule has 2 aromatic carbocycles. The highest BCUT2D eigenvalue weighted by molar-refractivity contribution is 7.89. The molecular formula is C29H35N3O4S. The summed E-state index contributed by atoms with van der Waals surface area (Å²) < 4.78 is 29.9. The van der Waals surface area contributed by atoms with Gasteiger partial charge in [-0.1, -0.05) is 37.3 Å². The number of sulfonamides is 1. The second-order valence-corrected chi connectivity index (χ2v) is 12.6. The molecular weight excluding hydrogens is 486 g/mol. The van der Waals surface area contributed by atoms with Gasteiger partial charge in [-0.3, -0.25) is 9.59 Å². The summed E-state index contributed by atoms with van der Waals surface area (Å²) in [6.07, 6.45) is 6.03. The van der Waals surface area contributed by atoms with Crippen LogP contribution in [0.25, 0.3) is 10.9 Å². The highest BCUT2D eigenvalue weighted by atomic mass is 32.2. The molecule has 7 nitrogen and oxygen atoms in total. The van der Waals surface area contributed by atoms with Crippen molar-refractivity contribution in [1.82, 2.24) is 13.8 Å². The molecule has 1 aromatic heterocycles. The van der Waals surface area contributed by atoms with E-state index >= 15 is 0 Å². The minimum atomic E-state index is -3.70. The van der Waals surface area contributed by atoms with Crippen molar-refractivity contribution in [3.8, 4) is 0 Å². The van der Waals surface area contributed by atoms with Gasteiger partial charge in [-0.15, -0.1) is 0 Å². The van der Waals surface area contributed by atoms with E-state index in [0.717, 1.165) is 32.1 Å². The van der Waals surface area contributed by atoms with Crippen molar-refractivity contribution in [2.24, 2.45) is 18.9 Å². The van der Waals surface area contributed by atoms with Crippen LogP contribution >= 0.6 is 0 Å². The van der Waals surface area contributed by atoms with Gasteiger partial charge in [-0.05, 0) is 67.7 Å². The third-order valence-corrected chi connectivity index (χ3v) is 9.93. The van der Waals surface area contributed by atoms with E-state index in [1.807, 2.05) is 18.2 Å². The van der Waals surface area contributed by atoms with E-state index in [-0.39, 0.29) is 21.8 Å². The number of nitrogens with zero attached hydrogens (tertiary/aromatic N) is 3. The fourth-order valence-electron chi connectivity index (χ4n) is 5.62. The van der Waals surface area contributed by atoms with Crippen LogP contribution in [0.1, 0.15) is 48.5 Å². The Bertz CT molecular complexity index is 1450. The van der Waals surface area contributed by atoms with Crippen LogP contribution in [-0.4, -0.2) is 54.3 Å². The van der Waals surface area contributed by atoms with E-state index in [1.54, 1.807) is 34.8 Å². The van der Waals surface area contributed by atoms with Crippen LogP contribution < -0.4 is 5.43 Å². The molecule has 1 amide bonds. The molecule has 2 fully saturated rings. The monoisotopic (exact) mass is 521 g/mol. The minimum absolute atomic E-state index is 0.0952. The van der Waals surface area contributed by atoms with Gasteiger partial charge in [0.1, 0.15) is 5.56 Å². The zero-order valence-electron chi connectivity index (χ0n) is 21.6. The zero-order chi connectivity index (χ0) is 26.2. The molecule has 3 aromatic rings. The van der Waals surface area contributed by atoms with E-state index in [4.69, 9.17) is 0 Å². The lowest BCUT2D eigenvalue weighted by Gasteiger charge is -2.32. The maximum absolute atomic E-state index is 13.5. The van der Waals surface area contributed by atoms with Gasteiger partial charge in [0.2, 0.25) is 15.5 Å². The van der Waals surface area contributed by atoms with Gasteiger partial charge in [0.05, 0.1) is 10.4 Å². The molecule has 0 spiro atoms. The van der Waals surface area contributed by atoms with Gasteiger partial charge in [0.15, 0.2) is 0 Å². The number of carbonyl (C=O) groups is 1. The van der Waals surface area contributed by atoms with E-state index in [2.05, 4.69) is 19.1 Å². The van der Waals surface area contributed by atoms with Crippen LogP contribution in [0.15, 0.2) is 64.4 Å². The fraction of sp³-hybridized carbons (Fsp3) is 0.448. The normalized spacial score (nSPS) is 18.4. The minimum Gasteiger partial charge on any atom is -0.350 e. The number of aromatic nitrogens is 1. The average Bonchev–Trinajstić information content (AvgIpc) is 2.91. The van der Waals surface area contributed by atoms with E-state index < -0.39 is 15.5 Å². The summed E-state index contributed by atoms with van der Waals surface area (Å²) in [6.45, 7) is 4.32. The summed E-state index contributed by atoms with van der Waals surface area (Å²) in [5, 5.41) is 0.263. The van der Waals surface area contributed by atoms with Gasteiger partial charge in [0, 0.05) is 44.8 Å². The molecule has 0 aliphatic carbocycles. The third-order valence-electron chi connectivity index (χ3n) is 8.04. The largest absolute Gasteiger partial charge is 0.350 e. The van der Waals surface area contributed by atoms with Crippen molar-refractivity contribution < 1.29 is 13.2 Å². The van der Waals surface area contributed by atoms with Crippen LogP contribution in [0.2, 0.25) is 0 Å².